The quantitative estimate of drug-likeness (QED) is 0.841. The van der Waals surface area contributed by atoms with Crippen molar-refractivity contribution < 1.29 is 14.7 Å². The number of likely N-dealkylation sites (N-methyl/N-ethyl adjacent to an activating group) is 1. The van der Waals surface area contributed by atoms with Gasteiger partial charge in [0, 0.05) is 17.2 Å². The van der Waals surface area contributed by atoms with Gasteiger partial charge in [0.1, 0.15) is 6.54 Å². The van der Waals surface area contributed by atoms with Gasteiger partial charge in [-0.3, -0.25) is 9.59 Å². The highest BCUT2D eigenvalue weighted by atomic mass is 35.5. The summed E-state index contributed by atoms with van der Waals surface area (Å²) in [4.78, 5) is 24.7. The minimum atomic E-state index is -0.986. The SMILES string of the molecule is CCN(CC(=O)O)C(=O)CSCc1ccc(Cl)s1. The van der Waals surface area contributed by atoms with Gasteiger partial charge in [0.15, 0.2) is 0 Å². The van der Waals surface area contributed by atoms with Gasteiger partial charge >= 0.3 is 5.97 Å². The van der Waals surface area contributed by atoms with Crippen LogP contribution in [0, 0.1) is 0 Å². The van der Waals surface area contributed by atoms with E-state index in [1.54, 1.807) is 6.92 Å². The topological polar surface area (TPSA) is 57.6 Å². The zero-order chi connectivity index (χ0) is 13.5. The molecule has 100 valence electrons. The fourth-order valence-corrected chi connectivity index (χ4v) is 3.42. The van der Waals surface area contributed by atoms with Crippen molar-refractivity contribution in [1.82, 2.24) is 4.90 Å². The Morgan fingerprint density at radius 3 is 2.72 bits per heavy atom. The van der Waals surface area contributed by atoms with E-state index in [9.17, 15) is 9.59 Å². The van der Waals surface area contributed by atoms with Crippen molar-refractivity contribution >= 4 is 46.6 Å². The Labute approximate surface area is 119 Å². The first-order valence-corrected chi connectivity index (χ1v) is 7.69. The number of carbonyl (C=O) groups is 2. The van der Waals surface area contributed by atoms with E-state index in [4.69, 9.17) is 16.7 Å². The molecule has 0 radical (unpaired) electrons. The molecule has 1 aromatic heterocycles. The van der Waals surface area contributed by atoms with Gasteiger partial charge in [-0.2, -0.15) is 0 Å². The Kier molecular flexibility index (Phi) is 6.52. The standard InChI is InChI=1S/C11H14ClNO3S2/c1-2-13(5-11(15)16)10(14)7-17-6-8-3-4-9(12)18-8/h3-4H,2,5-7H2,1H3,(H,15,16). The molecule has 0 aliphatic carbocycles. The lowest BCUT2D eigenvalue weighted by molar-refractivity contribution is -0.143. The van der Waals surface area contributed by atoms with Gasteiger partial charge in [0.2, 0.25) is 5.91 Å². The van der Waals surface area contributed by atoms with Crippen molar-refractivity contribution in [2.45, 2.75) is 12.7 Å². The number of amides is 1. The van der Waals surface area contributed by atoms with Crippen molar-refractivity contribution in [3.63, 3.8) is 0 Å². The highest BCUT2D eigenvalue weighted by Crippen LogP contribution is 2.25. The largest absolute Gasteiger partial charge is 0.480 e. The van der Waals surface area contributed by atoms with E-state index in [0.717, 1.165) is 9.21 Å². The number of halogens is 1. The van der Waals surface area contributed by atoms with E-state index in [1.165, 1.54) is 28.0 Å². The molecule has 0 bridgehead atoms. The Morgan fingerprint density at radius 1 is 1.50 bits per heavy atom. The predicted molar refractivity (Wildman–Crippen MR) is 75.4 cm³/mol. The summed E-state index contributed by atoms with van der Waals surface area (Å²) in [5, 5.41) is 8.66. The smallest absolute Gasteiger partial charge is 0.323 e. The number of hydrogen-bond donors (Lipinski definition) is 1. The van der Waals surface area contributed by atoms with Crippen LogP contribution in [0.3, 0.4) is 0 Å². The third kappa shape index (κ3) is 5.29. The van der Waals surface area contributed by atoms with Crippen LogP contribution in [0.1, 0.15) is 11.8 Å². The average Bonchev–Trinajstić information content (AvgIpc) is 2.71. The predicted octanol–water partition coefficient (Wildman–Crippen LogP) is 2.57. The molecule has 7 heteroatoms. The summed E-state index contributed by atoms with van der Waals surface area (Å²) in [5.74, 6) is -0.127. The summed E-state index contributed by atoms with van der Waals surface area (Å²) in [7, 11) is 0. The lowest BCUT2D eigenvalue weighted by atomic mass is 10.4. The number of thioether (sulfide) groups is 1. The normalized spacial score (nSPS) is 10.3. The highest BCUT2D eigenvalue weighted by molar-refractivity contribution is 7.99. The molecule has 0 atom stereocenters. The lowest BCUT2D eigenvalue weighted by Gasteiger charge is -2.17. The van der Waals surface area contributed by atoms with Crippen molar-refractivity contribution in [3.05, 3.63) is 21.3 Å². The molecule has 0 aliphatic rings. The number of hydrogen-bond acceptors (Lipinski definition) is 4. The highest BCUT2D eigenvalue weighted by Gasteiger charge is 2.14. The van der Waals surface area contributed by atoms with Crippen LogP contribution in [0.25, 0.3) is 0 Å². The first-order chi connectivity index (χ1) is 8.52. The molecule has 0 spiro atoms. The summed E-state index contributed by atoms with van der Waals surface area (Å²) in [6.45, 7) is 1.95. The Balaban J connectivity index is 2.33. The third-order valence-corrected chi connectivity index (χ3v) is 4.54. The molecule has 0 aliphatic heterocycles. The minimum Gasteiger partial charge on any atom is -0.480 e. The molecular formula is C11H14ClNO3S2. The van der Waals surface area contributed by atoms with Crippen molar-refractivity contribution in [3.8, 4) is 0 Å². The zero-order valence-corrected chi connectivity index (χ0v) is 12.3. The van der Waals surface area contributed by atoms with E-state index in [1.807, 2.05) is 12.1 Å². The summed E-state index contributed by atoms with van der Waals surface area (Å²) >= 11 is 8.76. The maximum absolute atomic E-state index is 11.7. The molecular weight excluding hydrogens is 294 g/mol. The van der Waals surface area contributed by atoms with E-state index in [2.05, 4.69) is 0 Å². The van der Waals surface area contributed by atoms with Crippen LogP contribution < -0.4 is 0 Å². The van der Waals surface area contributed by atoms with Crippen LogP contribution in [0.5, 0.6) is 0 Å². The van der Waals surface area contributed by atoms with Crippen LogP contribution >= 0.6 is 34.7 Å². The minimum absolute atomic E-state index is 0.146. The molecule has 1 rings (SSSR count). The van der Waals surface area contributed by atoms with Gasteiger partial charge < -0.3 is 10.0 Å². The molecule has 4 nitrogen and oxygen atoms in total. The molecule has 0 unspecified atom stereocenters. The second-order valence-electron chi connectivity index (χ2n) is 3.50. The monoisotopic (exact) mass is 307 g/mol. The lowest BCUT2D eigenvalue weighted by Crippen LogP contribution is -2.36. The van der Waals surface area contributed by atoms with E-state index in [-0.39, 0.29) is 18.2 Å². The van der Waals surface area contributed by atoms with Gasteiger partial charge in [-0.15, -0.1) is 23.1 Å². The Morgan fingerprint density at radius 2 is 2.22 bits per heavy atom. The van der Waals surface area contributed by atoms with Crippen LogP contribution in [0.2, 0.25) is 4.34 Å². The molecule has 0 fully saturated rings. The number of carbonyl (C=O) groups excluding carboxylic acids is 1. The second kappa shape index (κ2) is 7.66. The molecule has 1 heterocycles. The molecule has 1 aromatic rings. The zero-order valence-electron chi connectivity index (χ0n) is 9.89. The summed E-state index contributed by atoms with van der Waals surface area (Å²) in [6, 6.07) is 3.76. The van der Waals surface area contributed by atoms with E-state index < -0.39 is 5.97 Å². The Hall–Kier alpha value is -0.720. The number of carboxylic acids is 1. The maximum Gasteiger partial charge on any atom is 0.323 e. The van der Waals surface area contributed by atoms with Gasteiger partial charge in [0.25, 0.3) is 0 Å². The maximum atomic E-state index is 11.7. The van der Waals surface area contributed by atoms with Crippen LogP contribution in [0.15, 0.2) is 12.1 Å². The summed E-state index contributed by atoms with van der Waals surface area (Å²) < 4.78 is 0.734. The van der Waals surface area contributed by atoms with Crippen molar-refractivity contribution in [1.29, 1.82) is 0 Å². The van der Waals surface area contributed by atoms with Gasteiger partial charge in [-0.05, 0) is 19.1 Å². The van der Waals surface area contributed by atoms with Crippen LogP contribution in [0.4, 0.5) is 0 Å². The molecule has 0 aromatic carbocycles. The number of thiophene rings is 1. The fourth-order valence-electron chi connectivity index (χ4n) is 1.30. The number of nitrogens with zero attached hydrogens (tertiary/aromatic N) is 1. The molecule has 1 N–H and O–H groups in total. The first kappa shape index (κ1) is 15.3. The fraction of sp³-hybridized carbons (Fsp3) is 0.455. The first-order valence-electron chi connectivity index (χ1n) is 5.34. The van der Waals surface area contributed by atoms with Gasteiger partial charge in [0.05, 0.1) is 10.1 Å². The number of rotatable bonds is 7. The summed E-state index contributed by atoms with van der Waals surface area (Å²) in [5.41, 5.74) is 0. The van der Waals surface area contributed by atoms with Gasteiger partial charge in [-0.1, -0.05) is 11.6 Å². The average molecular weight is 308 g/mol. The number of aliphatic carboxylic acids is 1. The van der Waals surface area contributed by atoms with Crippen LogP contribution in [-0.2, 0) is 15.3 Å². The molecule has 18 heavy (non-hydrogen) atoms. The second-order valence-corrected chi connectivity index (χ2v) is 6.29. The number of carboxylic acid groups (broad SMARTS) is 1. The van der Waals surface area contributed by atoms with Crippen molar-refractivity contribution in [2.75, 3.05) is 18.8 Å². The van der Waals surface area contributed by atoms with E-state index >= 15 is 0 Å². The third-order valence-electron chi connectivity index (χ3n) is 2.16. The summed E-state index contributed by atoms with van der Waals surface area (Å²) in [6.07, 6.45) is 0. The van der Waals surface area contributed by atoms with Gasteiger partial charge in [-0.25, -0.2) is 0 Å². The molecule has 0 saturated carbocycles. The molecule has 1 amide bonds. The van der Waals surface area contributed by atoms with Crippen molar-refractivity contribution in [2.24, 2.45) is 0 Å². The Bertz CT molecular complexity index is 422. The van der Waals surface area contributed by atoms with Crippen LogP contribution in [-0.4, -0.2) is 40.7 Å². The molecule has 0 saturated heterocycles. The van der Waals surface area contributed by atoms with E-state index in [0.29, 0.717) is 12.3 Å².